The molecule has 0 aliphatic carbocycles. The van der Waals surface area contributed by atoms with Crippen LogP contribution in [-0.4, -0.2) is 10.1 Å². The smallest absolute Gasteiger partial charge is 0.123 e. The second kappa shape index (κ2) is 9.99. The van der Waals surface area contributed by atoms with Crippen LogP contribution in [0.25, 0.3) is 23.3 Å². The molecule has 3 aromatic rings. The molecule has 31 heavy (non-hydrogen) atoms. The molecule has 0 amide bonds. The van der Waals surface area contributed by atoms with Crippen molar-refractivity contribution in [2.24, 2.45) is 5.73 Å². The van der Waals surface area contributed by atoms with Crippen LogP contribution in [0.3, 0.4) is 0 Å². The van der Waals surface area contributed by atoms with Gasteiger partial charge in [0, 0.05) is 23.4 Å². The highest BCUT2D eigenvalue weighted by Gasteiger charge is 2.22. The molecular weight excluding hydrogens is 387 g/mol. The van der Waals surface area contributed by atoms with Gasteiger partial charge in [0.05, 0.1) is 12.3 Å². The van der Waals surface area contributed by atoms with E-state index >= 15 is 0 Å². The highest BCUT2D eigenvalue weighted by atomic mass is 19.1. The Labute approximate surface area is 184 Å². The van der Waals surface area contributed by atoms with Gasteiger partial charge in [-0.1, -0.05) is 76.2 Å². The maximum Gasteiger partial charge on any atom is 0.123 e. The summed E-state index contributed by atoms with van der Waals surface area (Å²) in [6.07, 6.45) is 4.11. The molecule has 1 aromatic heterocycles. The molecule has 1 heterocycles. The average Bonchev–Trinajstić information content (AvgIpc) is 2.77. The van der Waals surface area contributed by atoms with E-state index < -0.39 is 0 Å². The second-order valence-corrected chi connectivity index (χ2v) is 8.40. The first-order chi connectivity index (χ1) is 14.8. The molecule has 0 aliphatic rings. The van der Waals surface area contributed by atoms with Gasteiger partial charge in [-0.2, -0.15) is 0 Å². The van der Waals surface area contributed by atoms with E-state index in [1.54, 1.807) is 12.1 Å². The topological polar surface area (TPSA) is 59.1 Å². The molecule has 0 radical (unpaired) electrons. The van der Waals surface area contributed by atoms with Gasteiger partial charge in [0.25, 0.3) is 0 Å². The number of aliphatic hydroxyl groups is 1. The van der Waals surface area contributed by atoms with Gasteiger partial charge in [-0.25, -0.2) is 4.39 Å². The standard InChI is InChI=1S/C27H31FN2O/c1-17(2)26-23(14-9-19-5-7-20(15-29)8-6-19)25(21-10-12-22(28)13-11-21)24(16-31)27(30-26)18(3)4/h5-14,17-18,31H,15-16,29H2,1-4H3/b14-9+. The van der Waals surface area contributed by atoms with Crippen molar-refractivity contribution in [2.45, 2.75) is 52.7 Å². The fourth-order valence-electron chi connectivity index (χ4n) is 3.81. The summed E-state index contributed by atoms with van der Waals surface area (Å²) in [5.41, 5.74) is 13.2. The van der Waals surface area contributed by atoms with Crippen LogP contribution in [0.4, 0.5) is 4.39 Å². The maximum atomic E-state index is 13.6. The number of rotatable bonds is 7. The summed E-state index contributed by atoms with van der Waals surface area (Å²) in [4.78, 5) is 4.98. The molecule has 0 unspecified atom stereocenters. The molecule has 0 saturated carbocycles. The summed E-state index contributed by atoms with van der Waals surface area (Å²) < 4.78 is 13.6. The summed E-state index contributed by atoms with van der Waals surface area (Å²) in [5.74, 6) is 0.0537. The van der Waals surface area contributed by atoms with Crippen LogP contribution in [0, 0.1) is 5.82 Å². The lowest BCUT2D eigenvalue weighted by Crippen LogP contribution is -2.10. The summed E-state index contributed by atoms with van der Waals surface area (Å²) in [7, 11) is 0. The van der Waals surface area contributed by atoms with E-state index in [1.165, 1.54) is 12.1 Å². The first-order valence-electron chi connectivity index (χ1n) is 10.8. The minimum absolute atomic E-state index is 0.127. The summed E-state index contributed by atoms with van der Waals surface area (Å²) >= 11 is 0. The van der Waals surface area contributed by atoms with E-state index in [0.717, 1.165) is 44.8 Å². The third-order valence-electron chi connectivity index (χ3n) is 5.44. The molecule has 0 atom stereocenters. The zero-order valence-corrected chi connectivity index (χ0v) is 18.7. The Morgan fingerprint density at radius 2 is 1.52 bits per heavy atom. The van der Waals surface area contributed by atoms with Crippen LogP contribution in [0.1, 0.15) is 73.2 Å². The van der Waals surface area contributed by atoms with Gasteiger partial charge >= 0.3 is 0 Å². The normalized spacial score (nSPS) is 11.8. The monoisotopic (exact) mass is 418 g/mol. The molecule has 4 heteroatoms. The minimum Gasteiger partial charge on any atom is -0.392 e. The van der Waals surface area contributed by atoms with Crippen LogP contribution in [0.15, 0.2) is 48.5 Å². The molecule has 0 bridgehead atoms. The number of aliphatic hydroxyl groups excluding tert-OH is 1. The van der Waals surface area contributed by atoms with Crippen molar-refractivity contribution >= 4 is 12.2 Å². The summed E-state index contributed by atoms with van der Waals surface area (Å²) in [5, 5.41) is 10.3. The SMILES string of the molecule is CC(C)c1nc(C(C)C)c(CO)c(-c2ccc(F)cc2)c1/C=C/c1ccc(CN)cc1. The minimum atomic E-state index is -0.284. The quantitative estimate of drug-likeness (QED) is 0.476. The van der Waals surface area contributed by atoms with Gasteiger partial charge in [-0.15, -0.1) is 0 Å². The predicted octanol–water partition coefficient (Wildman–Crippen LogP) is 6.26. The summed E-state index contributed by atoms with van der Waals surface area (Å²) in [6, 6.07) is 14.6. The molecule has 3 nitrogen and oxygen atoms in total. The van der Waals surface area contributed by atoms with Crippen molar-refractivity contribution in [1.29, 1.82) is 0 Å². The third kappa shape index (κ3) is 5.09. The molecule has 0 saturated heterocycles. The van der Waals surface area contributed by atoms with Crippen molar-refractivity contribution in [3.8, 4) is 11.1 Å². The lowest BCUT2D eigenvalue weighted by Gasteiger charge is -2.23. The third-order valence-corrected chi connectivity index (χ3v) is 5.44. The van der Waals surface area contributed by atoms with Crippen LogP contribution in [0.2, 0.25) is 0 Å². The largest absolute Gasteiger partial charge is 0.392 e. The van der Waals surface area contributed by atoms with Crippen molar-refractivity contribution in [1.82, 2.24) is 4.98 Å². The lowest BCUT2D eigenvalue weighted by atomic mass is 9.87. The van der Waals surface area contributed by atoms with E-state index in [9.17, 15) is 9.50 Å². The van der Waals surface area contributed by atoms with Crippen molar-refractivity contribution in [3.05, 3.63) is 88.0 Å². The van der Waals surface area contributed by atoms with E-state index in [4.69, 9.17) is 10.7 Å². The number of pyridine rings is 1. The van der Waals surface area contributed by atoms with Gasteiger partial charge in [0.15, 0.2) is 0 Å². The van der Waals surface area contributed by atoms with E-state index in [-0.39, 0.29) is 24.3 Å². The van der Waals surface area contributed by atoms with Gasteiger partial charge in [0.1, 0.15) is 5.82 Å². The zero-order chi connectivity index (χ0) is 22.5. The van der Waals surface area contributed by atoms with Crippen LogP contribution in [0.5, 0.6) is 0 Å². The Bertz CT molecular complexity index is 1050. The Morgan fingerprint density at radius 3 is 2.03 bits per heavy atom. The Kier molecular flexibility index (Phi) is 7.37. The number of nitrogens with zero attached hydrogens (tertiary/aromatic N) is 1. The number of aromatic nitrogens is 1. The number of benzene rings is 2. The molecule has 3 N–H and O–H groups in total. The fraction of sp³-hybridized carbons (Fsp3) is 0.296. The number of hydrogen-bond donors (Lipinski definition) is 2. The van der Waals surface area contributed by atoms with Crippen LogP contribution >= 0.6 is 0 Å². The fourth-order valence-corrected chi connectivity index (χ4v) is 3.81. The highest BCUT2D eigenvalue weighted by molar-refractivity contribution is 5.84. The first-order valence-corrected chi connectivity index (χ1v) is 10.8. The molecular formula is C27H31FN2O. The van der Waals surface area contributed by atoms with Crippen LogP contribution < -0.4 is 5.73 Å². The van der Waals surface area contributed by atoms with Gasteiger partial charge < -0.3 is 10.8 Å². The molecule has 0 spiro atoms. The average molecular weight is 419 g/mol. The van der Waals surface area contributed by atoms with Crippen molar-refractivity contribution < 1.29 is 9.50 Å². The number of nitrogens with two attached hydrogens (primary N) is 1. The van der Waals surface area contributed by atoms with E-state index in [2.05, 4.69) is 33.8 Å². The molecule has 0 fully saturated rings. The Hall–Kier alpha value is -2.82. The second-order valence-electron chi connectivity index (χ2n) is 8.40. The molecule has 2 aromatic carbocycles. The van der Waals surface area contributed by atoms with Gasteiger partial charge in [-0.05, 0) is 46.2 Å². The van der Waals surface area contributed by atoms with Crippen molar-refractivity contribution in [3.63, 3.8) is 0 Å². The lowest BCUT2D eigenvalue weighted by molar-refractivity contribution is 0.280. The van der Waals surface area contributed by atoms with Crippen molar-refractivity contribution in [2.75, 3.05) is 0 Å². The highest BCUT2D eigenvalue weighted by Crippen LogP contribution is 2.37. The first kappa shape index (κ1) is 22.9. The zero-order valence-electron chi connectivity index (χ0n) is 18.7. The summed E-state index contributed by atoms with van der Waals surface area (Å²) in [6.45, 7) is 8.77. The van der Waals surface area contributed by atoms with Gasteiger partial charge in [0.2, 0.25) is 0 Å². The molecule has 3 rings (SSSR count). The van der Waals surface area contributed by atoms with E-state index in [0.29, 0.717) is 6.54 Å². The molecule has 0 aliphatic heterocycles. The predicted molar refractivity (Wildman–Crippen MR) is 127 cm³/mol. The Morgan fingerprint density at radius 1 is 0.903 bits per heavy atom. The van der Waals surface area contributed by atoms with E-state index in [1.807, 2.05) is 30.3 Å². The maximum absolute atomic E-state index is 13.6. The van der Waals surface area contributed by atoms with Gasteiger partial charge in [-0.3, -0.25) is 4.98 Å². The van der Waals surface area contributed by atoms with Crippen LogP contribution in [-0.2, 0) is 13.2 Å². The number of halogens is 1. The Balaban J connectivity index is 2.27. The number of hydrogen-bond acceptors (Lipinski definition) is 3. The molecule has 162 valence electrons.